The summed E-state index contributed by atoms with van der Waals surface area (Å²) in [5.41, 5.74) is 5.05. The number of nitrogens with zero attached hydrogens (tertiary/aromatic N) is 2. The second kappa shape index (κ2) is 3.86. The number of allylic oxidation sites excluding steroid dienone is 1. The van der Waals surface area contributed by atoms with Gasteiger partial charge in [0.1, 0.15) is 5.82 Å². The van der Waals surface area contributed by atoms with Gasteiger partial charge < -0.3 is 10.8 Å². The Morgan fingerprint density at radius 3 is 3.00 bits per heavy atom. The highest BCUT2D eigenvalue weighted by molar-refractivity contribution is 5.24. The molecule has 5 heteroatoms. The van der Waals surface area contributed by atoms with Crippen LogP contribution in [-0.2, 0) is 0 Å². The van der Waals surface area contributed by atoms with E-state index in [2.05, 4.69) is 4.98 Å². The van der Waals surface area contributed by atoms with Crippen molar-refractivity contribution in [2.75, 3.05) is 12.3 Å². The van der Waals surface area contributed by atoms with Crippen LogP contribution < -0.4 is 11.4 Å². The smallest absolute Gasteiger partial charge is 0.350 e. The molecule has 0 aromatic carbocycles. The van der Waals surface area contributed by atoms with Gasteiger partial charge in [-0.25, -0.2) is 4.79 Å². The van der Waals surface area contributed by atoms with Gasteiger partial charge in [-0.15, -0.1) is 0 Å². The van der Waals surface area contributed by atoms with E-state index >= 15 is 0 Å². The molecule has 0 fully saturated rings. The van der Waals surface area contributed by atoms with Crippen molar-refractivity contribution in [3.05, 3.63) is 34.9 Å². The molecule has 0 aliphatic heterocycles. The van der Waals surface area contributed by atoms with Crippen LogP contribution in [0.2, 0.25) is 0 Å². The molecule has 0 saturated heterocycles. The second-order valence-corrected chi connectivity index (χ2v) is 3.67. The largest absolute Gasteiger partial charge is 0.396 e. The third kappa shape index (κ3) is 1.92. The van der Waals surface area contributed by atoms with Crippen molar-refractivity contribution in [3.63, 3.8) is 0 Å². The minimum Gasteiger partial charge on any atom is -0.396 e. The van der Waals surface area contributed by atoms with Crippen LogP contribution in [0.5, 0.6) is 0 Å². The lowest BCUT2D eigenvalue weighted by Crippen LogP contribution is -2.26. The highest BCUT2D eigenvalue weighted by Crippen LogP contribution is 2.25. The predicted octanol–water partition coefficient (Wildman–Crippen LogP) is -0.0650. The average Bonchev–Trinajstić information content (AvgIpc) is 2.66. The third-order valence-corrected chi connectivity index (χ3v) is 2.59. The summed E-state index contributed by atoms with van der Waals surface area (Å²) in [4.78, 5) is 15.2. The Hall–Kier alpha value is -1.62. The average molecular weight is 207 g/mol. The first-order chi connectivity index (χ1) is 7.20. The molecule has 2 rings (SSSR count). The van der Waals surface area contributed by atoms with Crippen LogP contribution in [0.3, 0.4) is 0 Å². The lowest BCUT2D eigenvalue weighted by Gasteiger charge is -2.12. The molecule has 1 aliphatic rings. The third-order valence-electron chi connectivity index (χ3n) is 2.59. The zero-order valence-electron chi connectivity index (χ0n) is 8.21. The molecule has 0 radical (unpaired) electrons. The Labute approximate surface area is 86.9 Å². The van der Waals surface area contributed by atoms with Gasteiger partial charge in [0.15, 0.2) is 0 Å². The predicted molar refractivity (Wildman–Crippen MR) is 56.3 cm³/mol. The summed E-state index contributed by atoms with van der Waals surface area (Å²) >= 11 is 0. The lowest BCUT2D eigenvalue weighted by atomic mass is 10.1. The molecule has 1 aromatic rings. The van der Waals surface area contributed by atoms with E-state index in [1.807, 2.05) is 12.2 Å². The normalized spacial score (nSPS) is 24.6. The highest BCUT2D eigenvalue weighted by Gasteiger charge is 2.20. The summed E-state index contributed by atoms with van der Waals surface area (Å²) in [7, 11) is 0. The fourth-order valence-corrected chi connectivity index (χ4v) is 1.77. The van der Waals surface area contributed by atoms with Crippen molar-refractivity contribution in [1.29, 1.82) is 0 Å². The summed E-state index contributed by atoms with van der Waals surface area (Å²) in [6.45, 7) is 0.115. The fourth-order valence-electron chi connectivity index (χ4n) is 1.77. The van der Waals surface area contributed by atoms with E-state index in [0.29, 0.717) is 0 Å². The number of hydrogen-bond donors (Lipinski definition) is 2. The molecule has 0 amide bonds. The number of rotatable bonds is 2. The van der Waals surface area contributed by atoms with Crippen LogP contribution in [0.4, 0.5) is 5.82 Å². The van der Waals surface area contributed by atoms with Crippen LogP contribution >= 0.6 is 0 Å². The number of anilines is 1. The van der Waals surface area contributed by atoms with E-state index < -0.39 is 0 Å². The standard InChI is InChI=1S/C10H13N3O2/c11-9-3-4-13(10(15)12-9)8-2-1-7(5-8)6-14/h1-4,7-8,14H,5-6H2,(H2,11,12,15). The van der Waals surface area contributed by atoms with Crippen molar-refractivity contribution in [2.45, 2.75) is 12.5 Å². The SMILES string of the molecule is Nc1ccn(C2C=CC(CO)C2)c(=O)n1. The van der Waals surface area contributed by atoms with E-state index in [9.17, 15) is 4.79 Å². The highest BCUT2D eigenvalue weighted by atomic mass is 16.3. The Morgan fingerprint density at radius 1 is 1.60 bits per heavy atom. The summed E-state index contributed by atoms with van der Waals surface area (Å²) in [5.74, 6) is 0.372. The van der Waals surface area contributed by atoms with Gasteiger partial charge in [0.05, 0.1) is 6.04 Å². The molecule has 1 heterocycles. The molecule has 0 bridgehead atoms. The van der Waals surface area contributed by atoms with Crippen LogP contribution in [0, 0.1) is 5.92 Å². The van der Waals surface area contributed by atoms with Gasteiger partial charge in [-0.1, -0.05) is 12.2 Å². The monoisotopic (exact) mass is 207 g/mol. The fraction of sp³-hybridized carbons (Fsp3) is 0.400. The van der Waals surface area contributed by atoms with Crippen LogP contribution in [0.25, 0.3) is 0 Å². The van der Waals surface area contributed by atoms with E-state index in [1.165, 1.54) is 4.57 Å². The van der Waals surface area contributed by atoms with E-state index in [4.69, 9.17) is 10.8 Å². The van der Waals surface area contributed by atoms with Crippen molar-refractivity contribution >= 4 is 5.82 Å². The molecule has 2 atom stereocenters. The molecule has 1 aromatic heterocycles. The Bertz CT molecular complexity index is 439. The molecule has 3 N–H and O–H groups in total. The van der Waals surface area contributed by atoms with E-state index in [1.54, 1.807) is 12.3 Å². The zero-order chi connectivity index (χ0) is 10.8. The van der Waals surface area contributed by atoms with Gasteiger partial charge in [-0.05, 0) is 12.5 Å². The Morgan fingerprint density at radius 2 is 2.40 bits per heavy atom. The van der Waals surface area contributed by atoms with Crippen LogP contribution in [-0.4, -0.2) is 21.3 Å². The minimum atomic E-state index is -0.344. The molecule has 0 saturated carbocycles. The van der Waals surface area contributed by atoms with Crippen molar-refractivity contribution in [3.8, 4) is 0 Å². The number of nitrogen functional groups attached to an aromatic ring is 1. The van der Waals surface area contributed by atoms with Gasteiger partial charge in [0.2, 0.25) is 0 Å². The van der Waals surface area contributed by atoms with Crippen LogP contribution in [0.15, 0.2) is 29.2 Å². The molecule has 1 aliphatic carbocycles. The molecule has 0 spiro atoms. The number of hydrogen-bond acceptors (Lipinski definition) is 4. The summed E-state index contributed by atoms with van der Waals surface area (Å²) in [6.07, 6.45) is 6.22. The lowest BCUT2D eigenvalue weighted by molar-refractivity contribution is 0.243. The topological polar surface area (TPSA) is 81.1 Å². The Kier molecular flexibility index (Phi) is 2.55. The first-order valence-electron chi connectivity index (χ1n) is 4.84. The summed E-state index contributed by atoms with van der Waals surface area (Å²) in [6, 6.07) is 1.59. The molecule has 15 heavy (non-hydrogen) atoms. The van der Waals surface area contributed by atoms with E-state index in [-0.39, 0.29) is 30.1 Å². The van der Waals surface area contributed by atoms with Gasteiger partial charge >= 0.3 is 5.69 Å². The second-order valence-electron chi connectivity index (χ2n) is 3.67. The number of nitrogens with two attached hydrogens (primary N) is 1. The maximum atomic E-state index is 11.5. The molecular formula is C10H13N3O2. The van der Waals surface area contributed by atoms with Crippen molar-refractivity contribution in [2.24, 2.45) is 5.92 Å². The van der Waals surface area contributed by atoms with Crippen molar-refractivity contribution in [1.82, 2.24) is 9.55 Å². The van der Waals surface area contributed by atoms with Gasteiger partial charge in [-0.2, -0.15) is 4.98 Å². The minimum absolute atomic E-state index is 0.0113. The first kappa shape index (κ1) is 9.92. The van der Waals surface area contributed by atoms with Gasteiger partial charge in [0.25, 0.3) is 0 Å². The quantitative estimate of drug-likeness (QED) is 0.665. The maximum Gasteiger partial charge on any atom is 0.350 e. The zero-order valence-corrected chi connectivity index (χ0v) is 8.21. The van der Waals surface area contributed by atoms with Crippen molar-refractivity contribution < 1.29 is 5.11 Å². The van der Waals surface area contributed by atoms with Crippen LogP contribution in [0.1, 0.15) is 12.5 Å². The number of aliphatic hydroxyl groups is 1. The maximum absolute atomic E-state index is 11.5. The summed E-state index contributed by atoms with van der Waals surface area (Å²) < 4.78 is 1.53. The summed E-state index contributed by atoms with van der Waals surface area (Å²) in [5, 5.41) is 8.97. The Balaban J connectivity index is 2.25. The number of aliphatic hydroxyl groups excluding tert-OH is 1. The molecule has 80 valence electrons. The number of aromatic nitrogens is 2. The molecular weight excluding hydrogens is 194 g/mol. The first-order valence-corrected chi connectivity index (χ1v) is 4.84. The molecule has 2 unspecified atom stereocenters. The van der Waals surface area contributed by atoms with Gasteiger partial charge in [-0.3, -0.25) is 4.57 Å². The van der Waals surface area contributed by atoms with E-state index in [0.717, 1.165) is 6.42 Å². The molecule has 5 nitrogen and oxygen atoms in total. The van der Waals surface area contributed by atoms with Gasteiger partial charge in [0, 0.05) is 18.7 Å².